The third-order valence-electron chi connectivity index (χ3n) is 4.88. The molecule has 0 radical (unpaired) electrons. The number of nitrogens with zero attached hydrogens (tertiary/aromatic N) is 2. The number of nitrogen functional groups attached to an aromatic ring is 1. The SMILES string of the molecule is COc1cc(OCc2ccccn2)ccc1/C=C/c1cc(/C=C/c2ccc(O)c(N)c2)n[nH]1. The van der Waals surface area contributed by atoms with Gasteiger partial charge in [0.2, 0.25) is 0 Å². The molecule has 2 aromatic carbocycles. The van der Waals surface area contributed by atoms with Crippen LogP contribution < -0.4 is 15.2 Å². The highest BCUT2D eigenvalue weighted by Crippen LogP contribution is 2.27. The number of hydrogen-bond donors (Lipinski definition) is 3. The second-order valence-electron chi connectivity index (χ2n) is 7.25. The van der Waals surface area contributed by atoms with Gasteiger partial charge in [0.25, 0.3) is 0 Å². The lowest BCUT2D eigenvalue weighted by molar-refractivity contribution is 0.299. The lowest BCUT2D eigenvalue weighted by Crippen LogP contribution is -1.98. The lowest BCUT2D eigenvalue weighted by Gasteiger charge is -2.09. The molecule has 166 valence electrons. The maximum atomic E-state index is 9.52. The number of nitrogens with two attached hydrogens (primary N) is 1. The second kappa shape index (κ2) is 10.2. The molecule has 0 amide bonds. The highest BCUT2D eigenvalue weighted by molar-refractivity contribution is 5.75. The third kappa shape index (κ3) is 5.80. The van der Waals surface area contributed by atoms with Crippen LogP contribution in [0.4, 0.5) is 5.69 Å². The van der Waals surface area contributed by atoms with Gasteiger partial charge in [0, 0.05) is 17.8 Å². The molecule has 0 bridgehead atoms. The van der Waals surface area contributed by atoms with Gasteiger partial charge in [-0.25, -0.2) is 0 Å². The summed E-state index contributed by atoms with van der Waals surface area (Å²) in [4.78, 5) is 4.26. The molecule has 4 N–H and O–H groups in total. The Bertz CT molecular complexity index is 1280. The van der Waals surface area contributed by atoms with E-state index >= 15 is 0 Å². The Hall–Kier alpha value is -4.52. The molecule has 0 aliphatic rings. The fraction of sp³-hybridized carbons (Fsp3) is 0.0769. The molecule has 0 atom stereocenters. The van der Waals surface area contributed by atoms with Crippen molar-refractivity contribution in [1.82, 2.24) is 15.2 Å². The number of anilines is 1. The van der Waals surface area contributed by atoms with E-state index in [1.165, 1.54) is 0 Å². The minimum Gasteiger partial charge on any atom is -0.506 e. The van der Waals surface area contributed by atoms with Crippen LogP contribution in [0.1, 0.15) is 28.2 Å². The van der Waals surface area contributed by atoms with Gasteiger partial charge >= 0.3 is 0 Å². The van der Waals surface area contributed by atoms with Crippen LogP contribution in [-0.4, -0.2) is 27.4 Å². The molecule has 0 fully saturated rings. The molecular weight excluding hydrogens is 416 g/mol. The van der Waals surface area contributed by atoms with Crippen molar-refractivity contribution in [2.45, 2.75) is 6.61 Å². The highest BCUT2D eigenvalue weighted by Gasteiger charge is 2.05. The van der Waals surface area contributed by atoms with Crippen molar-refractivity contribution in [3.05, 3.63) is 95.1 Å². The first-order valence-corrected chi connectivity index (χ1v) is 10.3. The molecule has 7 nitrogen and oxygen atoms in total. The molecule has 0 unspecified atom stereocenters. The standard InChI is InChI=1S/C26H24N4O3/c1-32-26-16-23(33-17-22-4-2-3-13-28-22)11-8-19(26)7-10-21-15-20(29-30-21)9-5-18-6-12-25(31)24(27)14-18/h2-16,31H,17,27H2,1H3,(H,29,30)/b9-5+,10-7+. The molecular formula is C26H24N4O3. The Balaban J connectivity index is 1.41. The first-order valence-electron chi connectivity index (χ1n) is 10.3. The van der Waals surface area contributed by atoms with E-state index in [9.17, 15) is 5.11 Å². The summed E-state index contributed by atoms with van der Waals surface area (Å²) >= 11 is 0. The Morgan fingerprint density at radius 2 is 1.91 bits per heavy atom. The molecule has 33 heavy (non-hydrogen) atoms. The molecule has 7 heteroatoms. The molecule has 0 aliphatic carbocycles. The number of aromatic nitrogens is 3. The maximum Gasteiger partial charge on any atom is 0.138 e. The molecule has 2 aromatic heterocycles. The van der Waals surface area contributed by atoms with Crippen molar-refractivity contribution in [3.8, 4) is 17.2 Å². The first-order chi connectivity index (χ1) is 16.1. The fourth-order valence-corrected chi connectivity index (χ4v) is 3.12. The van der Waals surface area contributed by atoms with E-state index in [0.29, 0.717) is 23.8 Å². The molecule has 0 aliphatic heterocycles. The van der Waals surface area contributed by atoms with Gasteiger partial charge < -0.3 is 20.3 Å². The van der Waals surface area contributed by atoms with Gasteiger partial charge in [-0.1, -0.05) is 18.2 Å². The predicted octanol–water partition coefficient (Wildman–Crippen LogP) is 5.02. The average molecular weight is 441 g/mol. The van der Waals surface area contributed by atoms with Crippen LogP contribution in [0.3, 0.4) is 0 Å². The fourth-order valence-electron chi connectivity index (χ4n) is 3.12. The summed E-state index contributed by atoms with van der Waals surface area (Å²) in [7, 11) is 1.63. The van der Waals surface area contributed by atoms with Crippen molar-refractivity contribution in [2.24, 2.45) is 0 Å². The van der Waals surface area contributed by atoms with Crippen LogP contribution in [0.2, 0.25) is 0 Å². The molecule has 0 saturated carbocycles. The number of H-pyrrole nitrogens is 1. The summed E-state index contributed by atoms with van der Waals surface area (Å²) in [5.74, 6) is 1.48. The van der Waals surface area contributed by atoms with E-state index in [2.05, 4.69) is 15.2 Å². The van der Waals surface area contributed by atoms with Gasteiger partial charge in [0.15, 0.2) is 0 Å². The number of aromatic hydroxyl groups is 1. The first kappa shape index (κ1) is 21.7. The van der Waals surface area contributed by atoms with E-state index in [0.717, 1.165) is 28.2 Å². The number of methoxy groups -OCH3 is 1. The normalized spacial score (nSPS) is 11.3. The molecule has 2 heterocycles. The van der Waals surface area contributed by atoms with E-state index in [4.69, 9.17) is 15.2 Å². The van der Waals surface area contributed by atoms with Crippen LogP contribution in [0.15, 0.2) is 66.9 Å². The predicted molar refractivity (Wildman–Crippen MR) is 131 cm³/mol. The maximum absolute atomic E-state index is 9.52. The summed E-state index contributed by atoms with van der Waals surface area (Å²) in [5.41, 5.74) is 10.3. The number of phenolic OH excluding ortho intramolecular Hbond substituents is 1. The largest absolute Gasteiger partial charge is 0.506 e. The van der Waals surface area contributed by atoms with Crippen LogP contribution in [0.5, 0.6) is 17.2 Å². The van der Waals surface area contributed by atoms with Crippen LogP contribution in [-0.2, 0) is 6.61 Å². The summed E-state index contributed by atoms with van der Waals surface area (Å²) in [6.07, 6.45) is 9.37. The number of ether oxygens (including phenoxy) is 2. The summed E-state index contributed by atoms with van der Waals surface area (Å²) in [6, 6.07) is 18.4. The highest BCUT2D eigenvalue weighted by atomic mass is 16.5. The zero-order valence-corrected chi connectivity index (χ0v) is 18.1. The van der Waals surface area contributed by atoms with Crippen molar-refractivity contribution in [1.29, 1.82) is 0 Å². The minimum absolute atomic E-state index is 0.0718. The van der Waals surface area contributed by atoms with Gasteiger partial charge in [-0.05, 0) is 66.3 Å². The number of pyridine rings is 1. The van der Waals surface area contributed by atoms with Crippen molar-refractivity contribution in [3.63, 3.8) is 0 Å². The number of hydrogen-bond acceptors (Lipinski definition) is 6. The van der Waals surface area contributed by atoms with E-state index in [-0.39, 0.29) is 5.75 Å². The molecule has 4 rings (SSSR count). The van der Waals surface area contributed by atoms with Gasteiger partial charge in [-0.15, -0.1) is 0 Å². The van der Waals surface area contributed by atoms with Gasteiger partial charge in [0.05, 0.1) is 29.9 Å². The van der Waals surface area contributed by atoms with Crippen molar-refractivity contribution < 1.29 is 14.6 Å². The Kier molecular flexibility index (Phi) is 6.70. The van der Waals surface area contributed by atoms with E-state index in [1.54, 1.807) is 31.5 Å². The average Bonchev–Trinajstić information content (AvgIpc) is 3.31. The monoisotopic (exact) mass is 440 g/mol. The number of aromatic amines is 1. The van der Waals surface area contributed by atoms with E-state index in [1.807, 2.05) is 66.8 Å². The zero-order valence-electron chi connectivity index (χ0n) is 18.1. The van der Waals surface area contributed by atoms with Crippen LogP contribution in [0.25, 0.3) is 24.3 Å². The Morgan fingerprint density at radius 3 is 2.70 bits per heavy atom. The molecule has 0 spiro atoms. The van der Waals surface area contributed by atoms with Crippen molar-refractivity contribution >= 4 is 30.0 Å². The second-order valence-corrected chi connectivity index (χ2v) is 7.25. The minimum atomic E-state index is 0.0718. The van der Waals surface area contributed by atoms with Gasteiger partial charge in [-0.2, -0.15) is 5.10 Å². The summed E-state index contributed by atoms with van der Waals surface area (Å²) in [6.45, 7) is 0.389. The smallest absolute Gasteiger partial charge is 0.138 e. The zero-order chi connectivity index (χ0) is 23.0. The molecule has 4 aromatic rings. The number of nitrogens with one attached hydrogen (secondary N) is 1. The molecule has 0 saturated heterocycles. The number of rotatable bonds is 8. The number of benzene rings is 2. The van der Waals surface area contributed by atoms with Crippen LogP contribution >= 0.6 is 0 Å². The Labute approximate surface area is 191 Å². The summed E-state index contributed by atoms with van der Waals surface area (Å²) < 4.78 is 11.3. The van der Waals surface area contributed by atoms with Gasteiger partial charge in [0.1, 0.15) is 23.9 Å². The summed E-state index contributed by atoms with van der Waals surface area (Å²) in [5, 5.41) is 16.8. The van der Waals surface area contributed by atoms with E-state index < -0.39 is 0 Å². The third-order valence-corrected chi connectivity index (χ3v) is 4.88. The Morgan fingerprint density at radius 1 is 1.00 bits per heavy atom. The number of phenols is 1. The van der Waals surface area contributed by atoms with Crippen molar-refractivity contribution in [2.75, 3.05) is 12.8 Å². The quantitative estimate of drug-likeness (QED) is 0.262. The lowest BCUT2D eigenvalue weighted by atomic mass is 10.1. The van der Waals surface area contributed by atoms with Crippen LogP contribution in [0, 0.1) is 0 Å². The van der Waals surface area contributed by atoms with Gasteiger partial charge in [-0.3, -0.25) is 10.1 Å². The topological polar surface area (TPSA) is 106 Å².